The van der Waals surface area contributed by atoms with E-state index >= 15 is 0 Å². The van der Waals surface area contributed by atoms with Crippen LogP contribution < -0.4 is 5.56 Å². The van der Waals surface area contributed by atoms with Crippen molar-refractivity contribution in [3.05, 3.63) is 40.2 Å². The van der Waals surface area contributed by atoms with Crippen molar-refractivity contribution in [3.8, 4) is 0 Å². The van der Waals surface area contributed by atoms with Gasteiger partial charge in [-0.15, -0.1) is 0 Å². The highest BCUT2D eigenvalue weighted by molar-refractivity contribution is 7.89. The Balaban J connectivity index is 1.41. The lowest BCUT2D eigenvalue weighted by atomic mass is 9.98. The number of fused-ring (bicyclic) bond motifs is 1. The van der Waals surface area contributed by atoms with Gasteiger partial charge in [-0.3, -0.25) is 4.79 Å². The molecule has 0 aromatic carbocycles. The molecule has 9 heteroatoms. The highest BCUT2D eigenvalue weighted by Gasteiger charge is 2.31. The third-order valence-electron chi connectivity index (χ3n) is 5.81. The number of aryl methyl sites for hydroxylation is 2. The maximum atomic E-state index is 12.9. The number of aromatic nitrogens is 4. The van der Waals surface area contributed by atoms with Gasteiger partial charge in [0, 0.05) is 37.9 Å². The van der Waals surface area contributed by atoms with Gasteiger partial charge >= 0.3 is 0 Å². The molecule has 3 heterocycles. The van der Waals surface area contributed by atoms with Crippen molar-refractivity contribution in [1.82, 2.24) is 23.6 Å². The van der Waals surface area contributed by atoms with Crippen LogP contribution in [0.25, 0.3) is 0 Å². The summed E-state index contributed by atoms with van der Waals surface area (Å²) in [6.07, 6.45) is 7.55. The Bertz CT molecular complexity index is 1020. The molecular formula is C19H27N5O3S. The van der Waals surface area contributed by atoms with Crippen molar-refractivity contribution in [2.45, 2.75) is 63.6 Å². The highest BCUT2D eigenvalue weighted by atomic mass is 32.2. The number of piperidine rings is 1. The normalized spacial score (nSPS) is 18.7. The molecule has 0 bridgehead atoms. The zero-order chi connectivity index (χ0) is 19.9. The molecule has 8 nitrogen and oxygen atoms in total. The third-order valence-corrected chi connectivity index (χ3v) is 7.59. The van der Waals surface area contributed by atoms with E-state index < -0.39 is 10.0 Å². The lowest BCUT2D eigenvalue weighted by molar-refractivity contribution is 0.243. The van der Waals surface area contributed by atoms with Crippen molar-refractivity contribution < 1.29 is 8.42 Å². The fourth-order valence-electron chi connectivity index (χ4n) is 4.01. The first-order valence-corrected chi connectivity index (χ1v) is 11.4. The molecule has 4 rings (SSSR count). The molecule has 0 atom stereocenters. The van der Waals surface area contributed by atoms with Crippen molar-refractivity contribution in [2.24, 2.45) is 5.92 Å². The van der Waals surface area contributed by atoms with E-state index in [9.17, 15) is 13.2 Å². The molecule has 152 valence electrons. The van der Waals surface area contributed by atoms with E-state index in [0.717, 1.165) is 43.4 Å². The fraction of sp³-hybridized carbons (Fsp3) is 0.632. The maximum absolute atomic E-state index is 12.9. The summed E-state index contributed by atoms with van der Waals surface area (Å²) in [7, 11) is -3.57. The van der Waals surface area contributed by atoms with E-state index in [-0.39, 0.29) is 22.5 Å². The molecule has 0 N–H and O–H groups in total. The van der Waals surface area contributed by atoms with Gasteiger partial charge in [-0.1, -0.05) is 0 Å². The molecule has 1 aliphatic carbocycles. The maximum Gasteiger partial charge on any atom is 0.267 e. The summed E-state index contributed by atoms with van der Waals surface area (Å²) in [5.41, 5.74) is 2.08. The SMILES string of the molecule is CC(C)n1cnc(S(=O)(=O)N2CCC(Cn3nc4c(cc3=O)CCC4)CC2)c1. The molecule has 0 radical (unpaired) electrons. The third kappa shape index (κ3) is 3.65. The Hall–Kier alpha value is -2.00. The molecule has 0 spiro atoms. The molecule has 2 aliphatic rings. The molecule has 2 aromatic rings. The minimum absolute atomic E-state index is 0.0464. The van der Waals surface area contributed by atoms with Crippen LogP contribution in [-0.2, 0) is 29.4 Å². The minimum Gasteiger partial charge on any atom is -0.334 e. The van der Waals surface area contributed by atoms with Gasteiger partial charge in [-0.25, -0.2) is 18.1 Å². The summed E-state index contributed by atoms with van der Waals surface area (Å²) < 4.78 is 30.6. The van der Waals surface area contributed by atoms with Gasteiger partial charge in [-0.2, -0.15) is 9.40 Å². The number of hydrogen-bond acceptors (Lipinski definition) is 5. The first kappa shape index (κ1) is 19.3. The fourth-order valence-corrected chi connectivity index (χ4v) is 5.40. The van der Waals surface area contributed by atoms with Crippen molar-refractivity contribution in [2.75, 3.05) is 13.1 Å². The van der Waals surface area contributed by atoms with Crippen LogP contribution in [0.5, 0.6) is 0 Å². The zero-order valence-corrected chi connectivity index (χ0v) is 17.2. The van der Waals surface area contributed by atoms with E-state index in [1.807, 2.05) is 13.8 Å². The second kappa shape index (κ2) is 7.44. The van der Waals surface area contributed by atoms with Gasteiger partial charge in [0.1, 0.15) is 0 Å². The van der Waals surface area contributed by atoms with Crippen LogP contribution in [0.4, 0.5) is 0 Å². The van der Waals surface area contributed by atoms with Crippen LogP contribution in [0.2, 0.25) is 0 Å². The highest BCUT2D eigenvalue weighted by Crippen LogP contribution is 2.25. The van der Waals surface area contributed by atoms with Gasteiger partial charge in [-0.05, 0) is 57.4 Å². The molecule has 1 aliphatic heterocycles. The lowest BCUT2D eigenvalue weighted by Crippen LogP contribution is -2.40. The van der Waals surface area contributed by atoms with E-state index in [0.29, 0.717) is 19.6 Å². The van der Waals surface area contributed by atoms with Crippen molar-refractivity contribution in [3.63, 3.8) is 0 Å². The summed E-state index contributed by atoms with van der Waals surface area (Å²) >= 11 is 0. The molecule has 0 saturated carbocycles. The average molecular weight is 406 g/mol. The molecule has 0 amide bonds. The summed E-state index contributed by atoms with van der Waals surface area (Å²) in [4.78, 5) is 16.4. The average Bonchev–Trinajstić information content (AvgIpc) is 3.32. The number of nitrogens with zero attached hydrogens (tertiary/aromatic N) is 5. The predicted molar refractivity (Wildman–Crippen MR) is 105 cm³/mol. The molecule has 2 aromatic heterocycles. The predicted octanol–water partition coefficient (Wildman–Crippen LogP) is 1.61. The van der Waals surface area contributed by atoms with Gasteiger partial charge in [0.25, 0.3) is 15.6 Å². The molecule has 1 saturated heterocycles. The van der Waals surface area contributed by atoms with Gasteiger partial charge in [0.05, 0.1) is 12.0 Å². The number of sulfonamides is 1. The topological polar surface area (TPSA) is 90.1 Å². The summed E-state index contributed by atoms with van der Waals surface area (Å²) in [5.74, 6) is 0.254. The lowest BCUT2D eigenvalue weighted by Gasteiger charge is -2.30. The number of imidazole rings is 1. The number of hydrogen-bond donors (Lipinski definition) is 0. The van der Waals surface area contributed by atoms with Crippen LogP contribution >= 0.6 is 0 Å². The van der Waals surface area contributed by atoms with Crippen molar-refractivity contribution >= 4 is 10.0 Å². The largest absolute Gasteiger partial charge is 0.334 e. The number of rotatable bonds is 5. The molecular weight excluding hydrogens is 378 g/mol. The Kier molecular flexibility index (Phi) is 5.13. The first-order chi connectivity index (χ1) is 13.3. The van der Waals surface area contributed by atoms with E-state index in [4.69, 9.17) is 0 Å². The van der Waals surface area contributed by atoms with Gasteiger partial charge < -0.3 is 4.57 Å². The monoisotopic (exact) mass is 405 g/mol. The molecule has 28 heavy (non-hydrogen) atoms. The van der Waals surface area contributed by atoms with E-state index in [1.165, 1.54) is 4.31 Å². The Labute approximate surface area is 165 Å². The van der Waals surface area contributed by atoms with Crippen molar-refractivity contribution in [1.29, 1.82) is 0 Å². The standard InChI is InChI=1S/C19H27N5O3S/c1-14(2)22-12-18(20-13-22)28(26,27)23-8-6-15(7-9-23)11-24-19(25)10-16-4-3-5-17(16)21-24/h10,12-15H,3-9,11H2,1-2H3. The molecule has 0 unspecified atom stereocenters. The Morgan fingerprint density at radius 1 is 1.21 bits per heavy atom. The van der Waals surface area contributed by atoms with Gasteiger partial charge in [0.15, 0.2) is 5.03 Å². The minimum atomic E-state index is -3.57. The summed E-state index contributed by atoms with van der Waals surface area (Å²) in [6.45, 7) is 5.42. The van der Waals surface area contributed by atoms with Crippen LogP contribution in [-0.4, -0.2) is 45.1 Å². The summed E-state index contributed by atoms with van der Waals surface area (Å²) in [5, 5.41) is 4.65. The Morgan fingerprint density at radius 2 is 1.96 bits per heavy atom. The van der Waals surface area contributed by atoms with E-state index in [2.05, 4.69) is 10.1 Å². The van der Waals surface area contributed by atoms with E-state index in [1.54, 1.807) is 27.8 Å². The van der Waals surface area contributed by atoms with Crippen LogP contribution in [0.1, 0.15) is 50.4 Å². The first-order valence-electron chi connectivity index (χ1n) is 9.98. The summed E-state index contributed by atoms with van der Waals surface area (Å²) in [6, 6.07) is 1.89. The van der Waals surface area contributed by atoms with Crippen LogP contribution in [0.3, 0.4) is 0 Å². The Morgan fingerprint density at radius 3 is 2.64 bits per heavy atom. The molecule has 1 fully saturated rings. The second-order valence-electron chi connectivity index (χ2n) is 8.09. The van der Waals surface area contributed by atoms with Crippen LogP contribution in [0.15, 0.2) is 28.4 Å². The second-order valence-corrected chi connectivity index (χ2v) is 9.98. The van der Waals surface area contributed by atoms with Crippen LogP contribution in [0, 0.1) is 5.92 Å². The smallest absolute Gasteiger partial charge is 0.267 e. The zero-order valence-electron chi connectivity index (χ0n) is 16.4. The van der Waals surface area contributed by atoms with Gasteiger partial charge in [0.2, 0.25) is 0 Å². The quantitative estimate of drug-likeness (QED) is 0.754.